The van der Waals surface area contributed by atoms with Crippen LogP contribution in [0.5, 0.6) is 11.5 Å². The van der Waals surface area contributed by atoms with Crippen LogP contribution in [0.3, 0.4) is 0 Å². The molecular formula is C10H11NO3. The van der Waals surface area contributed by atoms with Crippen LogP contribution >= 0.6 is 0 Å². The van der Waals surface area contributed by atoms with Crippen molar-refractivity contribution in [2.75, 3.05) is 14.1 Å². The molecule has 1 aliphatic rings. The number of benzene rings is 1. The SMILES string of the molecule is CN(C)C(=O)C1Oc2ccccc2O1. The summed E-state index contributed by atoms with van der Waals surface area (Å²) in [6.07, 6.45) is -0.831. The zero-order valence-corrected chi connectivity index (χ0v) is 8.06. The van der Waals surface area contributed by atoms with E-state index in [1.807, 2.05) is 12.1 Å². The minimum absolute atomic E-state index is 0.193. The van der Waals surface area contributed by atoms with Crippen molar-refractivity contribution >= 4 is 5.91 Å². The molecule has 0 atom stereocenters. The molecule has 4 heteroatoms. The van der Waals surface area contributed by atoms with Crippen LogP contribution in [0.1, 0.15) is 0 Å². The molecule has 0 bridgehead atoms. The van der Waals surface area contributed by atoms with Gasteiger partial charge in [0.05, 0.1) is 0 Å². The molecule has 0 saturated heterocycles. The molecule has 0 N–H and O–H groups in total. The van der Waals surface area contributed by atoms with Crippen LogP contribution in [-0.2, 0) is 4.79 Å². The Morgan fingerprint density at radius 1 is 1.21 bits per heavy atom. The molecule has 2 rings (SSSR count). The number of carbonyl (C=O) groups is 1. The minimum atomic E-state index is -0.831. The first-order valence-electron chi connectivity index (χ1n) is 4.32. The van der Waals surface area contributed by atoms with E-state index in [1.165, 1.54) is 4.90 Å². The number of rotatable bonds is 1. The Kier molecular flexibility index (Phi) is 2.04. The fourth-order valence-electron chi connectivity index (χ4n) is 1.21. The van der Waals surface area contributed by atoms with E-state index < -0.39 is 6.29 Å². The molecule has 74 valence electrons. The number of likely N-dealkylation sites (N-methyl/N-ethyl adjacent to an activating group) is 1. The lowest BCUT2D eigenvalue weighted by molar-refractivity contribution is -0.145. The molecule has 0 unspecified atom stereocenters. The van der Waals surface area contributed by atoms with E-state index in [0.717, 1.165) is 0 Å². The van der Waals surface area contributed by atoms with Gasteiger partial charge in [-0.15, -0.1) is 0 Å². The van der Waals surface area contributed by atoms with Crippen molar-refractivity contribution in [3.05, 3.63) is 24.3 Å². The molecule has 0 fully saturated rings. The Bertz CT molecular complexity index is 337. The summed E-state index contributed by atoms with van der Waals surface area (Å²) < 4.78 is 10.6. The van der Waals surface area contributed by atoms with Gasteiger partial charge in [-0.2, -0.15) is 0 Å². The van der Waals surface area contributed by atoms with Crippen LogP contribution in [-0.4, -0.2) is 31.2 Å². The highest BCUT2D eigenvalue weighted by Gasteiger charge is 2.31. The Morgan fingerprint density at radius 2 is 1.71 bits per heavy atom. The predicted octanol–water partition coefficient (Wildman–Crippen LogP) is 0.872. The number of fused-ring (bicyclic) bond motifs is 1. The van der Waals surface area contributed by atoms with Gasteiger partial charge in [0, 0.05) is 14.1 Å². The number of para-hydroxylation sites is 2. The second kappa shape index (κ2) is 3.21. The molecule has 0 spiro atoms. The predicted molar refractivity (Wildman–Crippen MR) is 50.2 cm³/mol. The summed E-state index contributed by atoms with van der Waals surface area (Å²) in [6, 6.07) is 7.23. The number of carbonyl (C=O) groups excluding carboxylic acids is 1. The van der Waals surface area contributed by atoms with Gasteiger partial charge in [-0.1, -0.05) is 12.1 Å². The quantitative estimate of drug-likeness (QED) is 0.664. The normalized spacial score (nSPS) is 14.1. The monoisotopic (exact) mass is 193 g/mol. The van der Waals surface area contributed by atoms with E-state index >= 15 is 0 Å². The highest BCUT2D eigenvalue weighted by molar-refractivity contribution is 5.80. The van der Waals surface area contributed by atoms with Gasteiger partial charge in [0.1, 0.15) is 0 Å². The molecule has 4 nitrogen and oxygen atoms in total. The Balaban J connectivity index is 2.16. The van der Waals surface area contributed by atoms with Crippen LogP contribution in [0.25, 0.3) is 0 Å². The van der Waals surface area contributed by atoms with Gasteiger partial charge in [-0.3, -0.25) is 4.79 Å². The average molecular weight is 193 g/mol. The van der Waals surface area contributed by atoms with E-state index in [2.05, 4.69) is 0 Å². The van der Waals surface area contributed by atoms with Gasteiger partial charge < -0.3 is 14.4 Å². The van der Waals surface area contributed by atoms with E-state index in [9.17, 15) is 4.79 Å². The van der Waals surface area contributed by atoms with Gasteiger partial charge in [-0.05, 0) is 12.1 Å². The molecule has 1 aromatic rings. The number of ether oxygens (including phenoxy) is 2. The summed E-state index contributed by atoms with van der Waals surface area (Å²) in [7, 11) is 3.33. The van der Waals surface area contributed by atoms with Crippen LogP contribution in [0.15, 0.2) is 24.3 Å². The third kappa shape index (κ3) is 1.39. The lowest BCUT2D eigenvalue weighted by Gasteiger charge is -2.14. The van der Waals surface area contributed by atoms with Crippen LogP contribution in [0, 0.1) is 0 Å². The van der Waals surface area contributed by atoms with Crippen molar-refractivity contribution < 1.29 is 14.3 Å². The largest absolute Gasteiger partial charge is 0.442 e. The van der Waals surface area contributed by atoms with E-state index in [0.29, 0.717) is 11.5 Å². The van der Waals surface area contributed by atoms with Crippen molar-refractivity contribution in [2.45, 2.75) is 6.29 Å². The Labute approximate surface area is 82.0 Å². The number of nitrogens with zero attached hydrogens (tertiary/aromatic N) is 1. The summed E-state index contributed by atoms with van der Waals surface area (Å²) in [5.41, 5.74) is 0. The fraction of sp³-hybridized carbons (Fsp3) is 0.300. The number of hydrogen-bond acceptors (Lipinski definition) is 3. The molecule has 0 radical (unpaired) electrons. The topological polar surface area (TPSA) is 38.8 Å². The molecule has 0 aromatic heterocycles. The van der Waals surface area contributed by atoms with Gasteiger partial charge in [0.25, 0.3) is 0 Å². The first-order valence-corrected chi connectivity index (χ1v) is 4.32. The number of hydrogen-bond donors (Lipinski definition) is 0. The van der Waals surface area contributed by atoms with Crippen LogP contribution in [0.4, 0.5) is 0 Å². The van der Waals surface area contributed by atoms with Crippen molar-refractivity contribution in [1.29, 1.82) is 0 Å². The van der Waals surface area contributed by atoms with Crippen molar-refractivity contribution in [1.82, 2.24) is 4.90 Å². The van der Waals surface area contributed by atoms with E-state index in [-0.39, 0.29) is 5.91 Å². The molecular weight excluding hydrogens is 182 g/mol. The second-order valence-corrected chi connectivity index (χ2v) is 3.25. The third-order valence-corrected chi connectivity index (χ3v) is 1.96. The molecule has 0 aliphatic carbocycles. The molecule has 14 heavy (non-hydrogen) atoms. The lowest BCUT2D eigenvalue weighted by Crippen LogP contribution is -2.38. The van der Waals surface area contributed by atoms with Crippen molar-refractivity contribution in [2.24, 2.45) is 0 Å². The van der Waals surface area contributed by atoms with Gasteiger partial charge in [0.15, 0.2) is 11.5 Å². The molecule has 1 aromatic carbocycles. The van der Waals surface area contributed by atoms with Crippen LogP contribution < -0.4 is 9.47 Å². The summed E-state index contributed by atoms with van der Waals surface area (Å²) in [4.78, 5) is 12.9. The maximum atomic E-state index is 11.5. The highest BCUT2D eigenvalue weighted by Crippen LogP contribution is 2.34. The third-order valence-electron chi connectivity index (χ3n) is 1.96. The Hall–Kier alpha value is -1.71. The lowest BCUT2D eigenvalue weighted by atomic mass is 10.3. The van der Waals surface area contributed by atoms with Crippen molar-refractivity contribution in [3.63, 3.8) is 0 Å². The van der Waals surface area contributed by atoms with E-state index in [1.54, 1.807) is 26.2 Å². The summed E-state index contributed by atoms with van der Waals surface area (Å²) in [6.45, 7) is 0. The zero-order valence-electron chi connectivity index (χ0n) is 8.06. The van der Waals surface area contributed by atoms with Gasteiger partial charge in [0.2, 0.25) is 0 Å². The summed E-state index contributed by atoms with van der Waals surface area (Å²) in [5, 5.41) is 0. The zero-order chi connectivity index (χ0) is 10.1. The summed E-state index contributed by atoms with van der Waals surface area (Å²) in [5.74, 6) is 1.04. The first kappa shape index (κ1) is 8.87. The smallest absolute Gasteiger partial charge is 0.321 e. The molecule has 1 heterocycles. The maximum absolute atomic E-state index is 11.5. The van der Waals surface area contributed by atoms with Crippen LogP contribution in [0.2, 0.25) is 0 Å². The molecule has 0 saturated carbocycles. The minimum Gasteiger partial charge on any atom is -0.442 e. The summed E-state index contributed by atoms with van der Waals surface area (Å²) >= 11 is 0. The maximum Gasteiger partial charge on any atom is 0.321 e. The Morgan fingerprint density at radius 3 is 2.14 bits per heavy atom. The van der Waals surface area contributed by atoms with Crippen molar-refractivity contribution in [3.8, 4) is 11.5 Å². The van der Waals surface area contributed by atoms with Gasteiger partial charge >= 0.3 is 12.2 Å². The molecule has 1 amide bonds. The van der Waals surface area contributed by atoms with Gasteiger partial charge in [-0.25, -0.2) is 0 Å². The standard InChI is InChI=1S/C10H11NO3/c1-11(2)9(12)10-13-7-5-3-4-6-8(7)14-10/h3-6,10H,1-2H3. The second-order valence-electron chi connectivity index (χ2n) is 3.25. The fourth-order valence-corrected chi connectivity index (χ4v) is 1.21. The highest BCUT2D eigenvalue weighted by atomic mass is 16.7. The van der Waals surface area contributed by atoms with E-state index in [4.69, 9.17) is 9.47 Å². The average Bonchev–Trinajstić information content (AvgIpc) is 2.59. The first-order chi connectivity index (χ1) is 6.68. The molecule has 1 aliphatic heterocycles. The number of amides is 1.